The third-order valence-corrected chi connectivity index (χ3v) is 3.68. The number of nitrogens with zero attached hydrogens (tertiary/aromatic N) is 3. The Morgan fingerprint density at radius 3 is 2.44 bits per heavy atom. The zero-order valence-corrected chi connectivity index (χ0v) is 13.1. The van der Waals surface area contributed by atoms with Gasteiger partial charge in [0.05, 0.1) is 11.6 Å². The van der Waals surface area contributed by atoms with E-state index < -0.39 is 0 Å². The minimum atomic E-state index is -0.287. The van der Waals surface area contributed by atoms with Gasteiger partial charge in [0.1, 0.15) is 29.5 Å². The van der Waals surface area contributed by atoms with Crippen molar-refractivity contribution in [3.05, 3.63) is 72.4 Å². The summed E-state index contributed by atoms with van der Waals surface area (Å²) in [6, 6.07) is 13.6. The molecule has 0 fully saturated rings. The first-order chi connectivity index (χ1) is 12.3. The number of benzene rings is 2. The smallest absolute Gasteiger partial charge is 0.160 e. The first-order valence-electron chi connectivity index (χ1n) is 7.68. The van der Waals surface area contributed by atoms with Crippen molar-refractivity contribution < 1.29 is 9.13 Å². The molecule has 4 aromatic rings. The second kappa shape index (κ2) is 6.56. The van der Waals surface area contributed by atoms with Gasteiger partial charge in [0.25, 0.3) is 0 Å². The van der Waals surface area contributed by atoms with E-state index in [9.17, 15) is 4.39 Å². The number of fused-ring (bicyclic) bond motifs is 1. The highest BCUT2D eigenvalue weighted by Gasteiger charge is 2.05. The first-order valence-corrected chi connectivity index (χ1v) is 7.68. The molecule has 2 heterocycles. The molecule has 0 amide bonds. The molecule has 124 valence electrons. The average molecular weight is 335 g/mol. The number of hydrogen-bond donors (Lipinski definition) is 2. The van der Waals surface area contributed by atoms with Gasteiger partial charge in [-0.15, -0.1) is 0 Å². The summed E-state index contributed by atoms with van der Waals surface area (Å²) in [5.74, 6) is 1.72. The molecular formula is C18H14FN5O. The van der Waals surface area contributed by atoms with E-state index in [1.54, 1.807) is 18.3 Å². The Morgan fingerprint density at radius 1 is 0.960 bits per heavy atom. The monoisotopic (exact) mass is 335 g/mol. The zero-order chi connectivity index (χ0) is 17.1. The lowest BCUT2D eigenvalue weighted by Gasteiger charge is -2.08. The predicted octanol–water partition coefficient (Wildman–Crippen LogP) is 3.90. The van der Waals surface area contributed by atoms with Crippen LogP contribution in [0, 0.1) is 5.82 Å². The van der Waals surface area contributed by atoms with Gasteiger partial charge < -0.3 is 10.1 Å². The number of H-pyrrole nitrogens is 1. The largest absolute Gasteiger partial charge is 0.457 e. The molecule has 0 bridgehead atoms. The maximum Gasteiger partial charge on any atom is 0.160 e. The number of anilines is 1. The lowest BCUT2D eigenvalue weighted by atomic mass is 10.2. The van der Waals surface area contributed by atoms with E-state index >= 15 is 0 Å². The lowest BCUT2D eigenvalue weighted by molar-refractivity contribution is 0.480. The number of hydrogen-bond acceptors (Lipinski definition) is 5. The Morgan fingerprint density at radius 2 is 1.68 bits per heavy atom. The van der Waals surface area contributed by atoms with Crippen molar-refractivity contribution in [2.75, 3.05) is 5.32 Å². The van der Waals surface area contributed by atoms with Gasteiger partial charge in [-0.3, -0.25) is 5.10 Å². The minimum absolute atomic E-state index is 0.287. The number of aromatic amines is 1. The maximum atomic E-state index is 12.9. The summed E-state index contributed by atoms with van der Waals surface area (Å²) in [6.45, 7) is 0.605. The Bertz CT molecular complexity index is 982. The molecule has 0 aliphatic carbocycles. The van der Waals surface area contributed by atoms with Crippen molar-refractivity contribution in [1.29, 1.82) is 0 Å². The molecule has 0 atom stereocenters. The molecule has 0 aliphatic heterocycles. The second-order valence-electron chi connectivity index (χ2n) is 5.41. The van der Waals surface area contributed by atoms with Crippen LogP contribution < -0.4 is 10.1 Å². The highest BCUT2D eigenvalue weighted by atomic mass is 19.1. The van der Waals surface area contributed by atoms with Crippen LogP contribution in [-0.4, -0.2) is 20.2 Å². The van der Waals surface area contributed by atoms with Gasteiger partial charge in [-0.2, -0.15) is 5.10 Å². The van der Waals surface area contributed by atoms with Crippen LogP contribution in [0.15, 0.2) is 61.1 Å². The molecule has 0 saturated carbocycles. The van der Waals surface area contributed by atoms with Gasteiger partial charge in [-0.1, -0.05) is 12.1 Å². The van der Waals surface area contributed by atoms with Crippen LogP contribution in [0.5, 0.6) is 11.5 Å². The van der Waals surface area contributed by atoms with Gasteiger partial charge in [0, 0.05) is 6.54 Å². The molecule has 0 unspecified atom stereocenters. The van der Waals surface area contributed by atoms with Gasteiger partial charge >= 0.3 is 0 Å². The van der Waals surface area contributed by atoms with Crippen LogP contribution in [0.4, 0.5) is 10.2 Å². The topological polar surface area (TPSA) is 75.7 Å². The van der Waals surface area contributed by atoms with Gasteiger partial charge in [-0.05, 0) is 42.0 Å². The van der Waals surface area contributed by atoms with Crippen LogP contribution in [0.3, 0.4) is 0 Å². The Kier molecular flexibility index (Phi) is 3.96. The summed E-state index contributed by atoms with van der Waals surface area (Å²) in [7, 11) is 0. The minimum Gasteiger partial charge on any atom is -0.457 e. The number of rotatable bonds is 5. The van der Waals surface area contributed by atoms with Gasteiger partial charge in [0.15, 0.2) is 5.65 Å². The molecule has 25 heavy (non-hydrogen) atoms. The molecule has 0 spiro atoms. The molecule has 0 radical (unpaired) electrons. The summed E-state index contributed by atoms with van der Waals surface area (Å²) in [5.41, 5.74) is 1.77. The Balaban J connectivity index is 1.42. The molecule has 7 heteroatoms. The third-order valence-electron chi connectivity index (χ3n) is 3.68. The summed E-state index contributed by atoms with van der Waals surface area (Å²) in [4.78, 5) is 8.34. The van der Waals surface area contributed by atoms with E-state index in [-0.39, 0.29) is 5.82 Å². The van der Waals surface area contributed by atoms with Gasteiger partial charge in [-0.25, -0.2) is 14.4 Å². The van der Waals surface area contributed by atoms with Crippen molar-refractivity contribution in [2.45, 2.75) is 6.54 Å². The second-order valence-corrected chi connectivity index (χ2v) is 5.41. The first kappa shape index (κ1) is 15.1. The average Bonchev–Trinajstić information content (AvgIpc) is 3.12. The molecule has 2 aromatic carbocycles. The van der Waals surface area contributed by atoms with Crippen LogP contribution in [-0.2, 0) is 6.54 Å². The fourth-order valence-electron chi connectivity index (χ4n) is 2.41. The SMILES string of the molecule is Fc1ccc(Oc2ccc(CNc3ncnc4[nH]ncc34)cc2)cc1. The highest BCUT2D eigenvalue weighted by Crippen LogP contribution is 2.22. The molecule has 4 rings (SSSR count). The molecule has 2 aromatic heterocycles. The standard InChI is InChI=1S/C18H14FN5O/c19-13-3-7-15(8-4-13)25-14-5-1-12(2-6-14)9-20-17-16-10-23-24-18(16)22-11-21-17/h1-8,10-11H,9H2,(H2,20,21,22,23,24). The maximum absolute atomic E-state index is 12.9. The van der Waals surface area contributed by atoms with E-state index in [0.717, 1.165) is 16.8 Å². The van der Waals surface area contributed by atoms with Crippen LogP contribution >= 0.6 is 0 Å². The van der Waals surface area contributed by atoms with E-state index in [0.29, 0.717) is 23.7 Å². The number of halogens is 1. The number of ether oxygens (including phenoxy) is 1. The summed E-state index contributed by atoms with van der Waals surface area (Å²) in [5, 5.41) is 10.9. The van der Waals surface area contributed by atoms with E-state index in [1.807, 2.05) is 24.3 Å². The fourth-order valence-corrected chi connectivity index (χ4v) is 2.41. The van der Waals surface area contributed by atoms with Crippen LogP contribution in [0.25, 0.3) is 11.0 Å². The van der Waals surface area contributed by atoms with Crippen molar-refractivity contribution in [3.8, 4) is 11.5 Å². The quantitative estimate of drug-likeness (QED) is 0.578. The summed E-state index contributed by atoms with van der Waals surface area (Å²) in [6.07, 6.45) is 3.18. The van der Waals surface area contributed by atoms with E-state index in [1.165, 1.54) is 18.5 Å². The van der Waals surface area contributed by atoms with Crippen molar-refractivity contribution >= 4 is 16.9 Å². The highest BCUT2D eigenvalue weighted by molar-refractivity contribution is 5.85. The number of aromatic nitrogens is 4. The van der Waals surface area contributed by atoms with Gasteiger partial charge in [0.2, 0.25) is 0 Å². The molecule has 6 nitrogen and oxygen atoms in total. The van der Waals surface area contributed by atoms with E-state index in [2.05, 4.69) is 25.5 Å². The van der Waals surface area contributed by atoms with Crippen LogP contribution in [0.2, 0.25) is 0 Å². The Hall–Kier alpha value is -3.48. The molecular weight excluding hydrogens is 321 g/mol. The van der Waals surface area contributed by atoms with Crippen molar-refractivity contribution in [1.82, 2.24) is 20.2 Å². The van der Waals surface area contributed by atoms with Crippen molar-refractivity contribution in [3.63, 3.8) is 0 Å². The summed E-state index contributed by atoms with van der Waals surface area (Å²) >= 11 is 0. The fraction of sp³-hybridized carbons (Fsp3) is 0.0556. The molecule has 0 saturated heterocycles. The normalized spacial score (nSPS) is 10.8. The van der Waals surface area contributed by atoms with Crippen molar-refractivity contribution in [2.24, 2.45) is 0 Å². The third kappa shape index (κ3) is 3.40. The van der Waals surface area contributed by atoms with E-state index in [4.69, 9.17) is 4.74 Å². The van der Waals surface area contributed by atoms with Crippen LogP contribution in [0.1, 0.15) is 5.56 Å². The molecule has 2 N–H and O–H groups in total. The summed E-state index contributed by atoms with van der Waals surface area (Å²) < 4.78 is 18.6. The Labute approximate surface area is 142 Å². The zero-order valence-electron chi connectivity index (χ0n) is 13.1. The predicted molar refractivity (Wildman–Crippen MR) is 91.9 cm³/mol. The lowest BCUT2D eigenvalue weighted by Crippen LogP contribution is -2.02. The molecule has 0 aliphatic rings. The number of nitrogens with one attached hydrogen (secondary N) is 2.